The van der Waals surface area contributed by atoms with Gasteiger partial charge in [-0.05, 0) is 50.6 Å². The van der Waals surface area contributed by atoms with Crippen molar-refractivity contribution in [2.75, 3.05) is 32.1 Å². The number of ether oxygens (including phenoxy) is 1. The highest BCUT2D eigenvalue weighted by molar-refractivity contribution is 5.79. The lowest BCUT2D eigenvalue weighted by molar-refractivity contribution is 0.0303. The maximum absolute atomic E-state index is 13.3. The van der Waals surface area contributed by atoms with Gasteiger partial charge in [0, 0.05) is 27.2 Å². The van der Waals surface area contributed by atoms with Gasteiger partial charge >= 0.3 is 6.09 Å². The second kappa shape index (κ2) is 8.73. The molecular formula is C23H29FN4O2. The Kier molecular flexibility index (Phi) is 6.29. The number of rotatable bonds is 6. The second-order valence-electron chi connectivity index (χ2n) is 8.44. The van der Waals surface area contributed by atoms with E-state index in [4.69, 9.17) is 9.72 Å². The van der Waals surface area contributed by atoms with Crippen molar-refractivity contribution in [3.05, 3.63) is 59.9 Å². The number of aromatic nitrogens is 2. The van der Waals surface area contributed by atoms with Crippen LogP contribution in [-0.2, 0) is 11.3 Å². The molecule has 0 bridgehead atoms. The highest BCUT2D eigenvalue weighted by atomic mass is 19.1. The van der Waals surface area contributed by atoms with Crippen molar-refractivity contribution < 1.29 is 13.9 Å². The van der Waals surface area contributed by atoms with E-state index >= 15 is 0 Å². The molecule has 0 N–H and O–H groups in total. The average molecular weight is 413 g/mol. The number of carbonyl (C=O) groups is 1. The first kappa shape index (κ1) is 21.6. The summed E-state index contributed by atoms with van der Waals surface area (Å²) in [5.41, 5.74) is 2.35. The highest BCUT2D eigenvalue weighted by Crippen LogP contribution is 2.23. The van der Waals surface area contributed by atoms with E-state index in [0.717, 1.165) is 22.5 Å². The van der Waals surface area contributed by atoms with Gasteiger partial charge < -0.3 is 19.1 Å². The number of likely N-dealkylation sites (N-methyl/N-ethyl adjacent to an activating group) is 2. The van der Waals surface area contributed by atoms with Crippen LogP contribution >= 0.6 is 0 Å². The Balaban J connectivity index is 1.79. The van der Waals surface area contributed by atoms with Gasteiger partial charge in [0.05, 0.1) is 17.6 Å². The molecule has 0 radical (unpaired) electrons. The predicted octanol–water partition coefficient (Wildman–Crippen LogP) is 4.53. The van der Waals surface area contributed by atoms with E-state index in [9.17, 15) is 9.18 Å². The van der Waals surface area contributed by atoms with Gasteiger partial charge in [-0.25, -0.2) is 14.2 Å². The first-order valence-corrected chi connectivity index (χ1v) is 9.99. The lowest BCUT2D eigenvalue weighted by Crippen LogP contribution is -2.39. The summed E-state index contributed by atoms with van der Waals surface area (Å²) in [6, 6.07) is 14.4. The Hall–Kier alpha value is -3.09. The molecule has 7 heteroatoms. The first-order chi connectivity index (χ1) is 14.1. The summed E-state index contributed by atoms with van der Waals surface area (Å²) in [6.07, 6.45) is -0.351. The summed E-state index contributed by atoms with van der Waals surface area (Å²) in [5, 5.41) is 0. The van der Waals surface area contributed by atoms with Crippen LogP contribution in [0.5, 0.6) is 0 Å². The third-order valence-electron chi connectivity index (χ3n) is 4.71. The smallest absolute Gasteiger partial charge is 0.410 e. The van der Waals surface area contributed by atoms with Crippen molar-refractivity contribution in [2.24, 2.45) is 0 Å². The molecule has 160 valence electrons. The number of nitrogens with zero attached hydrogens (tertiary/aromatic N) is 4. The van der Waals surface area contributed by atoms with Gasteiger partial charge in [0.15, 0.2) is 0 Å². The van der Waals surface area contributed by atoms with E-state index in [1.807, 2.05) is 57.0 Å². The van der Waals surface area contributed by atoms with Gasteiger partial charge in [-0.15, -0.1) is 0 Å². The Bertz CT molecular complexity index is 1010. The Morgan fingerprint density at radius 3 is 2.40 bits per heavy atom. The minimum Gasteiger partial charge on any atom is -0.444 e. The SMILES string of the molecule is CN(CCN(C)c1nc2ccccc2n1Cc1ccc(F)cc1)C(=O)OC(C)(C)C. The maximum atomic E-state index is 13.3. The summed E-state index contributed by atoms with van der Waals surface area (Å²) < 4.78 is 20.8. The fourth-order valence-electron chi connectivity index (χ4n) is 3.11. The Morgan fingerprint density at radius 2 is 1.73 bits per heavy atom. The van der Waals surface area contributed by atoms with Crippen molar-refractivity contribution in [2.45, 2.75) is 32.9 Å². The van der Waals surface area contributed by atoms with Crippen molar-refractivity contribution in [3.63, 3.8) is 0 Å². The van der Waals surface area contributed by atoms with Crippen LogP contribution in [-0.4, -0.2) is 53.3 Å². The minimum absolute atomic E-state index is 0.253. The molecule has 1 aromatic heterocycles. The molecule has 0 fully saturated rings. The Labute approximate surface area is 176 Å². The first-order valence-electron chi connectivity index (χ1n) is 9.99. The number of halogens is 1. The number of carbonyl (C=O) groups excluding carboxylic acids is 1. The quantitative estimate of drug-likeness (QED) is 0.597. The molecule has 3 rings (SSSR count). The number of imidazole rings is 1. The topological polar surface area (TPSA) is 50.6 Å². The zero-order chi connectivity index (χ0) is 21.9. The van der Waals surface area contributed by atoms with Crippen molar-refractivity contribution in [1.82, 2.24) is 14.5 Å². The molecule has 30 heavy (non-hydrogen) atoms. The van der Waals surface area contributed by atoms with Crippen LogP contribution in [0.4, 0.5) is 15.1 Å². The number of hydrogen-bond acceptors (Lipinski definition) is 4. The van der Waals surface area contributed by atoms with E-state index in [0.29, 0.717) is 19.6 Å². The number of hydrogen-bond donors (Lipinski definition) is 0. The molecule has 0 aliphatic heterocycles. The second-order valence-corrected chi connectivity index (χ2v) is 8.44. The largest absolute Gasteiger partial charge is 0.444 e. The van der Waals surface area contributed by atoms with Crippen LogP contribution < -0.4 is 4.90 Å². The lowest BCUT2D eigenvalue weighted by atomic mass is 10.2. The maximum Gasteiger partial charge on any atom is 0.410 e. The van der Waals surface area contributed by atoms with Crippen LogP contribution in [0.3, 0.4) is 0 Å². The number of para-hydroxylation sites is 2. The standard InChI is InChI=1S/C23H29FN4O2/c1-23(2,3)30-22(29)27(5)15-14-26(4)21-25-19-8-6-7-9-20(19)28(21)16-17-10-12-18(24)13-11-17/h6-13H,14-16H2,1-5H3. The van der Waals surface area contributed by atoms with Crippen LogP contribution in [0.25, 0.3) is 11.0 Å². The van der Waals surface area contributed by atoms with E-state index in [1.165, 1.54) is 12.1 Å². The van der Waals surface area contributed by atoms with E-state index in [-0.39, 0.29) is 11.9 Å². The molecule has 0 saturated carbocycles. The molecule has 0 aliphatic carbocycles. The van der Waals surface area contributed by atoms with Crippen LogP contribution in [0.1, 0.15) is 26.3 Å². The third-order valence-corrected chi connectivity index (χ3v) is 4.71. The van der Waals surface area contributed by atoms with Gasteiger partial charge in [-0.1, -0.05) is 24.3 Å². The number of benzene rings is 2. The van der Waals surface area contributed by atoms with Crippen molar-refractivity contribution in [3.8, 4) is 0 Å². The van der Waals surface area contributed by atoms with Gasteiger partial charge in [-0.2, -0.15) is 0 Å². The molecule has 0 saturated heterocycles. The zero-order valence-corrected chi connectivity index (χ0v) is 18.2. The monoisotopic (exact) mass is 412 g/mol. The van der Waals surface area contributed by atoms with E-state index in [1.54, 1.807) is 24.1 Å². The highest BCUT2D eigenvalue weighted by Gasteiger charge is 2.21. The lowest BCUT2D eigenvalue weighted by Gasteiger charge is -2.27. The predicted molar refractivity (Wildman–Crippen MR) is 117 cm³/mol. The molecule has 0 aliphatic rings. The van der Waals surface area contributed by atoms with Crippen molar-refractivity contribution in [1.29, 1.82) is 0 Å². The van der Waals surface area contributed by atoms with E-state index < -0.39 is 5.60 Å². The molecule has 6 nitrogen and oxygen atoms in total. The number of fused-ring (bicyclic) bond motifs is 1. The molecule has 0 atom stereocenters. The van der Waals surface area contributed by atoms with Crippen molar-refractivity contribution >= 4 is 23.1 Å². The van der Waals surface area contributed by atoms with Gasteiger partial charge in [0.25, 0.3) is 0 Å². The Morgan fingerprint density at radius 1 is 1.07 bits per heavy atom. The van der Waals surface area contributed by atoms with Crippen LogP contribution in [0.2, 0.25) is 0 Å². The molecule has 0 unspecified atom stereocenters. The van der Waals surface area contributed by atoms with E-state index in [2.05, 4.69) is 4.57 Å². The molecule has 3 aromatic rings. The summed E-state index contributed by atoms with van der Waals surface area (Å²) >= 11 is 0. The molecule has 1 amide bonds. The summed E-state index contributed by atoms with van der Waals surface area (Å²) in [7, 11) is 3.68. The summed E-state index contributed by atoms with van der Waals surface area (Å²) in [5.74, 6) is 0.537. The minimum atomic E-state index is -0.527. The zero-order valence-electron chi connectivity index (χ0n) is 18.2. The normalized spacial score (nSPS) is 11.5. The number of anilines is 1. The molecular weight excluding hydrogens is 383 g/mol. The molecule has 0 spiro atoms. The number of amides is 1. The van der Waals surface area contributed by atoms with Gasteiger partial charge in [0.2, 0.25) is 5.95 Å². The summed E-state index contributed by atoms with van der Waals surface area (Å²) in [6.45, 7) is 7.20. The summed E-state index contributed by atoms with van der Waals surface area (Å²) in [4.78, 5) is 20.6. The van der Waals surface area contributed by atoms with Gasteiger partial charge in [-0.3, -0.25) is 0 Å². The average Bonchev–Trinajstić information content (AvgIpc) is 3.05. The van der Waals surface area contributed by atoms with Crippen LogP contribution in [0.15, 0.2) is 48.5 Å². The third kappa shape index (κ3) is 5.28. The fraction of sp³-hybridized carbons (Fsp3) is 0.391. The van der Waals surface area contributed by atoms with Gasteiger partial charge in [0.1, 0.15) is 11.4 Å². The van der Waals surface area contributed by atoms with Crippen LogP contribution in [0, 0.1) is 5.82 Å². The fourth-order valence-corrected chi connectivity index (χ4v) is 3.11. The molecule has 2 aromatic carbocycles. The molecule has 1 heterocycles.